The number of aromatic nitrogens is 1. The Balaban J connectivity index is 2.45. The Morgan fingerprint density at radius 1 is 1.43 bits per heavy atom. The van der Waals surface area contributed by atoms with Crippen LogP contribution in [-0.4, -0.2) is 62.6 Å². The standard InChI is InChI=1S/C22H29N5O3/c1-5-6-17(10-13-29-3)15-18-9-11-27(19-7-8-20(28)24-16-19)21(18)25-22(23)26(2)12-14-30-4/h5-8,10,13,15-16,23H,1,9,11-12,14H2,2-4H3,(H,24,28)/b13-10+,17-6+,18-15+,23-22?,25-21?. The van der Waals surface area contributed by atoms with Gasteiger partial charge in [0.1, 0.15) is 5.84 Å². The summed E-state index contributed by atoms with van der Waals surface area (Å²) in [7, 11) is 5.02. The van der Waals surface area contributed by atoms with E-state index in [0.29, 0.717) is 25.5 Å². The molecule has 160 valence electrons. The van der Waals surface area contributed by atoms with Crippen molar-refractivity contribution in [3.05, 3.63) is 77.0 Å². The molecule has 0 radical (unpaired) electrons. The molecule has 0 saturated carbocycles. The summed E-state index contributed by atoms with van der Waals surface area (Å²) in [6.07, 6.45) is 11.4. The first-order chi connectivity index (χ1) is 14.5. The Hall–Kier alpha value is -3.39. The van der Waals surface area contributed by atoms with Crippen LogP contribution in [-0.2, 0) is 9.47 Å². The summed E-state index contributed by atoms with van der Waals surface area (Å²) in [6.45, 7) is 5.51. The summed E-state index contributed by atoms with van der Waals surface area (Å²) in [4.78, 5) is 22.5. The van der Waals surface area contributed by atoms with Crippen molar-refractivity contribution in [3.63, 3.8) is 0 Å². The zero-order valence-corrected chi connectivity index (χ0v) is 17.7. The number of hydrogen-bond acceptors (Lipinski definition) is 4. The second-order valence-corrected chi connectivity index (χ2v) is 6.60. The molecule has 2 rings (SSSR count). The van der Waals surface area contributed by atoms with E-state index >= 15 is 0 Å². The molecule has 30 heavy (non-hydrogen) atoms. The van der Waals surface area contributed by atoms with Crippen LogP contribution in [0.15, 0.2) is 76.4 Å². The van der Waals surface area contributed by atoms with Gasteiger partial charge in [-0.15, -0.1) is 0 Å². The van der Waals surface area contributed by atoms with E-state index in [4.69, 9.17) is 14.9 Å². The highest BCUT2D eigenvalue weighted by molar-refractivity contribution is 6.16. The average molecular weight is 412 g/mol. The number of nitrogens with zero attached hydrogens (tertiary/aromatic N) is 3. The number of amidine groups is 1. The van der Waals surface area contributed by atoms with E-state index < -0.39 is 0 Å². The maximum absolute atomic E-state index is 11.5. The molecule has 1 aromatic heterocycles. The van der Waals surface area contributed by atoms with Crippen molar-refractivity contribution in [1.82, 2.24) is 9.88 Å². The average Bonchev–Trinajstić information content (AvgIpc) is 3.12. The zero-order valence-electron chi connectivity index (χ0n) is 17.7. The number of likely N-dealkylation sites (N-methyl/N-ethyl adjacent to an activating group) is 1. The first-order valence-corrected chi connectivity index (χ1v) is 9.56. The Kier molecular flexibility index (Phi) is 8.83. The lowest BCUT2D eigenvalue weighted by Gasteiger charge is -2.21. The molecular weight excluding hydrogens is 382 g/mol. The van der Waals surface area contributed by atoms with Gasteiger partial charge < -0.3 is 24.3 Å². The number of ether oxygens (including phenoxy) is 2. The van der Waals surface area contributed by atoms with Gasteiger partial charge >= 0.3 is 0 Å². The molecule has 0 unspecified atom stereocenters. The fourth-order valence-electron chi connectivity index (χ4n) is 2.87. The molecule has 0 atom stereocenters. The lowest BCUT2D eigenvalue weighted by atomic mass is 10.1. The number of aliphatic imine (C=N–C) groups is 1. The maximum atomic E-state index is 11.5. The first-order valence-electron chi connectivity index (χ1n) is 9.56. The SMILES string of the molecule is C=C/C=C(\C=C\OC)/C=C1\CCN(c2ccc(=O)[nH]c2)C1=NC(=N)N(C)CCOC. The fourth-order valence-corrected chi connectivity index (χ4v) is 2.87. The molecule has 8 nitrogen and oxygen atoms in total. The number of methoxy groups -OCH3 is 2. The number of rotatable bonds is 8. The molecule has 1 aliphatic rings. The molecule has 8 heteroatoms. The normalized spacial score (nSPS) is 17.2. The van der Waals surface area contributed by atoms with Gasteiger partial charge in [-0.25, -0.2) is 0 Å². The summed E-state index contributed by atoms with van der Waals surface area (Å²) in [5.41, 5.74) is 2.52. The number of anilines is 1. The van der Waals surface area contributed by atoms with E-state index in [1.54, 1.807) is 50.8 Å². The fraction of sp³-hybridized carbons (Fsp3) is 0.318. The molecule has 2 heterocycles. The highest BCUT2D eigenvalue weighted by Gasteiger charge is 2.26. The molecule has 2 N–H and O–H groups in total. The number of pyridine rings is 1. The summed E-state index contributed by atoms with van der Waals surface area (Å²) < 4.78 is 10.1. The Bertz CT molecular complexity index is 906. The predicted octanol–water partition coefficient (Wildman–Crippen LogP) is 2.70. The van der Waals surface area contributed by atoms with Crippen LogP contribution in [0.25, 0.3) is 0 Å². The third-order valence-electron chi connectivity index (χ3n) is 4.48. The second kappa shape index (κ2) is 11.6. The highest BCUT2D eigenvalue weighted by Crippen LogP contribution is 2.26. The summed E-state index contributed by atoms with van der Waals surface area (Å²) >= 11 is 0. The first kappa shape index (κ1) is 22.9. The third-order valence-corrected chi connectivity index (χ3v) is 4.48. The smallest absolute Gasteiger partial charge is 0.248 e. The van der Waals surface area contributed by atoms with Crippen molar-refractivity contribution < 1.29 is 9.47 Å². The molecule has 1 aromatic rings. The van der Waals surface area contributed by atoms with E-state index in [-0.39, 0.29) is 11.5 Å². The quantitative estimate of drug-likeness (QED) is 0.297. The van der Waals surface area contributed by atoms with Crippen LogP contribution in [0.4, 0.5) is 5.69 Å². The number of allylic oxidation sites excluding steroid dienone is 5. The lowest BCUT2D eigenvalue weighted by molar-refractivity contribution is 0.182. The molecule has 1 saturated heterocycles. The summed E-state index contributed by atoms with van der Waals surface area (Å²) in [6, 6.07) is 3.23. The van der Waals surface area contributed by atoms with Gasteiger partial charge in [0.15, 0.2) is 0 Å². The van der Waals surface area contributed by atoms with Crippen molar-refractivity contribution in [2.75, 3.05) is 45.9 Å². The number of H-pyrrole nitrogens is 1. The Morgan fingerprint density at radius 3 is 2.87 bits per heavy atom. The van der Waals surface area contributed by atoms with Gasteiger partial charge in [-0.05, 0) is 35.8 Å². The third kappa shape index (κ3) is 6.31. The van der Waals surface area contributed by atoms with Crippen molar-refractivity contribution in [3.8, 4) is 0 Å². The minimum Gasteiger partial charge on any atom is -0.504 e. The Labute approximate surface area is 177 Å². The number of guanidine groups is 1. The molecular formula is C22H29N5O3. The summed E-state index contributed by atoms with van der Waals surface area (Å²) in [5.74, 6) is 0.794. The van der Waals surface area contributed by atoms with Gasteiger partial charge in [0.2, 0.25) is 11.5 Å². The predicted molar refractivity (Wildman–Crippen MR) is 121 cm³/mol. The number of hydrogen-bond donors (Lipinski definition) is 2. The van der Waals surface area contributed by atoms with Crippen LogP contribution in [0, 0.1) is 5.41 Å². The van der Waals surface area contributed by atoms with Crippen LogP contribution in [0.5, 0.6) is 0 Å². The van der Waals surface area contributed by atoms with Crippen molar-refractivity contribution >= 4 is 17.5 Å². The van der Waals surface area contributed by atoms with Gasteiger partial charge in [0.05, 0.1) is 25.7 Å². The molecule has 0 spiro atoms. The topological polar surface area (TPSA) is 94.0 Å². The van der Waals surface area contributed by atoms with Crippen molar-refractivity contribution in [1.29, 1.82) is 5.41 Å². The van der Waals surface area contributed by atoms with Gasteiger partial charge in [0.25, 0.3) is 0 Å². The molecule has 0 amide bonds. The van der Waals surface area contributed by atoms with Gasteiger partial charge in [-0.1, -0.05) is 18.7 Å². The maximum Gasteiger partial charge on any atom is 0.248 e. The number of aromatic amines is 1. The van der Waals surface area contributed by atoms with Gasteiger partial charge in [-0.3, -0.25) is 10.2 Å². The molecule has 1 aliphatic heterocycles. The van der Waals surface area contributed by atoms with E-state index in [1.807, 2.05) is 23.1 Å². The monoisotopic (exact) mass is 411 g/mol. The Morgan fingerprint density at radius 2 is 2.23 bits per heavy atom. The lowest BCUT2D eigenvalue weighted by Crippen LogP contribution is -2.32. The van der Waals surface area contributed by atoms with Crippen LogP contribution in [0.1, 0.15) is 6.42 Å². The summed E-state index contributed by atoms with van der Waals surface area (Å²) in [5, 5.41) is 8.40. The number of nitrogens with one attached hydrogen (secondary N) is 2. The minimum absolute atomic E-state index is 0.131. The zero-order chi connectivity index (χ0) is 21.9. The van der Waals surface area contributed by atoms with Gasteiger partial charge in [0, 0.05) is 39.5 Å². The van der Waals surface area contributed by atoms with Crippen LogP contribution < -0.4 is 10.5 Å². The molecule has 0 aliphatic carbocycles. The van der Waals surface area contributed by atoms with E-state index in [0.717, 1.165) is 23.3 Å². The van der Waals surface area contributed by atoms with Crippen LogP contribution in [0.2, 0.25) is 0 Å². The van der Waals surface area contributed by atoms with Gasteiger partial charge in [-0.2, -0.15) is 4.99 Å². The van der Waals surface area contributed by atoms with Crippen molar-refractivity contribution in [2.24, 2.45) is 4.99 Å². The van der Waals surface area contributed by atoms with Crippen LogP contribution in [0.3, 0.4) is 0 Å². The van der Waals surface area contributed by atoms with Crippen LogP contribution >= 0.6 is 0 Å². The molecule has 0 bridgehead atoms. The minimum atomic E-state index is -0.167. The van der Waals surface area contributed by atoms with E-state index in [1.165, 1.54) is 6.07 Å². The van der Waals surface area contributed by atoms with Crippen molar-refractivity contribution in [2.45, 2.75) is 6.42 Å². The largest absolute Gasteiger partial charge is 0.504 e. The molecule has 1 fully saturated rings. The van der Waals surface area contributed by atoms with E-state index in [9.17, 15) is 4.79 Å². The highest BCUT2D eigenvalue weighted by atomic mass is 16.5. The second-order valence-electron chi connectivity index (χ2n) is 6.60. The van der Waals surface area contributed by atoms with E-state index in [2.05, 4.69) is 16.6 Å². The molecule has 0 aromatic carbocycles.